The summed E-state index contributed by atoms with van der Waals surface area (Å²) < 4.78 is 6.02. The van der Waals surface area contributed by atoms with Gasteiger partial charge in [0.25, 0.3) is 0 Å². The van der Waals surface area contributed by atoms with Crippen LogP contribution in [0.2, 0.25) is 0 Å². The molecule has 4 nitrogen and oxygen atoms in total. The third-order valence-electron chi connectivity index (χ3n) is 6.97. The molecule has 1 fully saturated rings. The molecule has 190 valence electrons. The summed E-state index contributed by atoms with van der Waals surface area (Å²) >= 11 is 0. The van der Waals surface area contributed by atoms with Crippen molar-refractivity contribution in [1.82, 2.24) is 4.90 Å². The fourth-order valence-electron chi connectivity index (χ4n) is 4.77. The summed E-state index contributed by atoms with van der Waals surface area (Å²) in [7, 11) is 4.18. The van der Waals surface area contributed by atoms with E-state index in [0.717, 1.165) is 31.9 Å². The lowest BCUT2D eigenvalue weighted by atomic mass is 10.0. The van der Waals surface area contributed by atoms with E-state index >= 15 is 0 Å². The summed E-state index contributed by atoms with van der Waals surface area (Å²) in [5.74, 6) is 0.917. The fourth-order valence-corrected chi connectivity index (χ4v) is 4.77. The van der Waals surface area contributed by atoms with Crippen LogP contribution in [0.15, 0.2) is 90.5 Å². The zero-order valence-electron chi connectivity index (χ0n) is 22.4. The molecule has 0 amide bonds. The smallest absolute Gasteiger partial charge is 0.119 e. The Morgan fingerprint density at radius 1 is 0.833 bits per heavy atom. The molecule has 4 heteroatoms. The Hall–Kier alpha value is -3.24. The molecule has 0 radical (unpaired) electrons. The highest BCUT2D eigenvalue weighted by molar-refractivity contribution is 5.51. The number of allylic oxidation sites excluding steroid dienone is 1. The van der Waals surface area contributed by atoms with Crippen LogP contribution in [0.25, 0.3) is 0 Å². The summed E-state index contributed by atoms with van der Waals surface area (Å²) in [6.45, 7) is 9.20. The van der Waals surface area contributed by atoms with Crippen molar-refractivity contribution in [2.45, 2.75) is 45.9 Å². The van der Waals surface area contributed by atoms with Crippen molar-refractivity contribution in [2.24, 2.45) is 0 Å². The minimum atomic E-state index is 0.545. The third-order valence-corrected chi connectivity index (χ3v) is 6.97. The van der Waals surface area contributed by atoms with Crippen LogP contribution in [0.3, 0.4) is 0 Å². The molecule has 0 saturated carbocycles. The summed E-state index contributed by atoms with van der Waals surface area (Å²) in [6, 6.07) is 28.5. The average molecular weight is 484 g/mol. The zero-order valence-corrected chi connectivity index (χ0v) is 22.4. The van der Waals surface area contributed by atoms with Gasteiger partial charge in [0.05, 0.1) is 0 Å². The van der Waals surface area contributed by atoms with Crippen molar-refractivity contribution >= 4 is 11.4 Å². The maximum absolute atomic E-state index is 6.02. The van der Waals surface area contributed by atoms with E-state index < -0.39 is 0 Å². The van der Waals surface area contributed by atoms with E-state index in [9.17, 15) is 0 Å². The molecule has 1 aliphatic heterocycles. The first-order valence-electron chi connectivity index (χ1n) is 13.1. The van der Waals surface area contributed by atoms with Crippen molar-refractivity contribution in [3.63, 3.8) is 0 Å². The van der Waals surface area contributed by atoms with Crippen LogP contribution in [-0.4, -0.2) is 44.7 Å². The standard InChI is InChI=1S/C32H41N3O/c1-26(2)18-23-35(30-14-16-32(17-15-30)36-25-28-8-6-5-7-9-28)31-19-21-34(22-20-31)24-27-10-12-29(13-11-27)33(3)4/h5-18,31H,19-25H2,1-4H3. The van der Waals surface area contributed by atoms with Gasteiger partial charge in [-0.2, -0.15) is 0 Å². The summed E-state index contributed by atoms with van der Waals surface area (Å²) in [5, 5.41) is 0. The van der Waals surface area contributed by atoms with Crippen LogP contribution in [0.1, 0.15) is 37.8 Å². The predicted molar refractivity (Wildman–Crippen MR) is 153 cm³/mol. The molecule has 1 saturated heterocycles. The summed E-state index contributed by atoms with van der Waals surface area (Å²) in [5.41, 5.74) is 6.47. The molecule has 0 unspecified atom stereocenters. The van der Waals surface area contributed by atoms with Gasteiger partial charge >= 0.3 is 0 Å². The monoisotopic (exact) mass is 483 g/mol. The lowest BCUT2D eigenvalue weighted by Crippen LogP contribution is -2.45. The topological polar surface area (TPSA) is 19.0 Å². The Morgan fingerprint density at radius 2 is 1.47 bits per heavy atom. The molecule has 1 heterocycles. The Balaban J connectivity index is 1.36. The molecule has 0 aromatic heterocycles. The van der Waals surface area contributed by atoms with E-state index in [1.54, 1.807) is 0 Å². The van der Waals surface area contributed by atoms with Crippen LogP contribution >= 0.6 is 0 Å². The lowest BCUT2D eigenvalue weighted by molar-refractivity contribution is 0.202. The van der Waals surface area contributed by atoms with Gasteiger partial charge < -0.3 is 14.5 Å². The van der Waals surface area contributed by atoms with E-state index in [1.807, 2.05) is 6.07 Å². The Kier molecular flexibility index (Phi) is 9.07. The molecule has 4 rings (SSSR count). The van der Waals surface area contributed by atoms with Gasteiger partial charge in [-0.3, -0.25) is 4.90 Å². The van der Waals surface area contributed by atoms with Crippen LogP contribution in [0.4, 0.5) is 11.4 Å². The number of rotatable bonds is 10. The number of hydrogen-bond acceptors (Lipinski definition) is 4. The molecule has 3 aromatic carbocycles. The highest BCUT2D eigenvalue weighted by Crippen LogP contribution is 2.27. The highest BCUT2D eigenvalue weighted by Gasteiger charge is 2.24. The van der Waals surface area contributed by atoms with Crippen molar-refractivity contribution in [1.29, 1.82) is 0 Å². The number of nitrogens with zero attached hydrogens (tertiary/aromatic N) is 3. The molecule has 0 spiro atoms. The number of hydrogen-bond donors (Lipinski definition) is 0. The predicted octanol–water partition coefficient (Wildman–Crippen LogP) is 6.77. The number of anilines is 2. The van der Waals surface area contributed by atoms with E-state index in [2.05, 4.69) is 122 Å². The van der Waals surface area contributed by atoms with E-state index in [4.69, 9.17) is 4.74 Å². The molecular formula is C32H41N3O. The largest absolute Gasteiger partial charge is 0.489 e. The van der Waals surface area contributed by atoms with Crippen LogP contribution in [-0.2, 0) is 13.2 Å². The van der Waals surface area contributed by atoms with Gasteiger partial charge in [-0.15, -0.1) is 0 Å². The Labute approximate surface area is 217 Å². The number of benzene rings is 3. The highest BCUT2D eigenvalue weighted by atomic mass is 16.5. The van der Waals surface area contributed by atoms with E-state index in [0.29, 0.717) is 12.6 Å². The number of ether oxygens (including phenoxy) is 1. The molecule has 0 aliphatic carbocycles. The molecule has 0 bridgehead atoms. The van der Waals surface area contributed by atoms with Crippen molar-refractivity contribution in [3.05, 3.63) is 102 Å². The second-order valence-electron chi connectivity index (χ2n) is 10.3. The van der Waals surface area contributed by atoms with Gasteiger partial charge in [0.15, 0.2) is 0 Å². The first-order chi connectivity index (χ1) is 17.5. The van der Waals surface area contributed by atoms with E-state index in [1.165, 1.54) is 40.9 Å². The van der Waals surface area contributed by atoms with Crippen molar-refractivity contribution in [3.8, 4) is 5.75 Å². The average Bonchev–Trinajstić information content (AvgIpc) is 2.90. The molecule has 0 atom stereocenters. The zero-order chi connectivity index (χ0) is 25.3. The molecule has 36 heavy (non-hydrogen) atoms. The summed E-state index contributed by atoms with van der Waals surface area (Å²) in [6.07, 6.45) is 4.70. The Morgan fingerprint density at radius 3 is 2.08 bits per heavy atom. The van der Waals surface area contributed by atoms with Gasteiger partial charge in [-0.1, -0.05) is 54.1 Å². The number of piperidine rings is 1. The first-order valence-corrected chi connectivity index (χ1v) is 13.1. The van der Waals surface area contributed by atoms with E-state index in [-0.39, 0.29) is 0 Å². The molecule has 1 aliphatic rings. The normalized spacial score (nSPS) is 14.3. The van der Waals surface area contributed by atoms with Gasteiger partial charge in [0.1, 0.15) is 12.4 Å². The minimum absolute atomic E-state index is 0.545. The van der Waals surface area contributed by atoms with Gasteiger partial charge in [-0.05, 0) is 74.2 Å². The van der Waals surface area contributed by atoms with Crippen LogP contribution in [0.5, 0.6) is 5.75 Å². The Bertz CT molecular complexity index is 1080. The number of likely N-dealkylation sites (tertiary alicyclic amines) is 1. The van der Waals surface area contributed by atoms with Crippen molar-refractivity contribution < 1.29 is 4.74 Å². The second-order valence-corrected chi connectivity index (χ2v) is 10.3. The van der Waals surface area contributed by atoms with Gasteiger partial charge in [-0.25, -0.2) is 0 Å². The van der Waals surface area contributed by atoms with Crippen LogP contribution < -0.4 is 14.5 Å². The quantitative estimate of drug-likeness (QED) is 0.296. The SMILES string of the molecule is CC(C)=CCN(c1ccc(OCc2ccccc2)cc1)C1CCN(Cc2ccc(N(C)C)cc2)CC1. The van der Waals surface area contributed by atoms with Gasteiger partial charge in [0, 0.05) is 57.7 Å². The second kappa shape index (κ2) is 12.6. The lowest BCUT2D eigenvalue weighted by Gasteiger charge is -2.39. The van der Waals surface area contributed by atoms with Crippen molar-refractivity contribution in [2.75, 3.05) is 43.5 Å². The fraction of sp³-hybridized carbons (Fsp3) is 0.375. The minimum Gasteiger partial charge on any atom is -0.489 e. The molecule has 3 aromatic rings. The maximum Gasteiger partial charge on any atom is 0.119 e. The van der Waals surface area contributed by atoms with Gasteiger partial charge in [0.2, 0.25) is 0 Å². The third kappa shape index (κ3) is 7.38. The van der Waals surface area contributed by atoms with Crippen LogP contribution in [0, 0.1) is 0 Å². The first kappa shape index (κ1) is 25.8. The maximum atomic E-state index is 6.02. The molecule has 0 N–H and O–H groups in total. The molecular weight excluding hydrogens is 442 g/mol. The summed E-state index contributed by atoms with van der Waals surface area (Å²) in [4.78, 5) is 7.33.